The van der Waals surface area contributed by atoms with Crippen LogP contribution in [0.1, 0.15) is 26.2 Å². The van der Waals surface area contributed by atoms with Crippen LogP contribution in [0.5, 0.6) is 0 Å². The van der Waals surface area contributed by atoms with E-state index in [1.54, 1.807) is 11.9 Å². The molecule has 7 heteroatoms. The largest absolute Gasteiger partial charge is 0.409 e. The average Bonchev–Trinajstić information content (AvgIpc) is 2.57. The fourth-order valence-corrected chi connectivity index (χ4v) is 2.15. The first-order chi connectivity index (χ1) is 9.01. The van der Waals surface area contributed by atoms with Gasteiger partial charge in [0.15, 0.2) is 5.84 Å². The number of hydrogen-bond donors (Lipinski definition) is 2. The van der Waals surface area contributed by atoms with Crippen LogP contribution < -0.4 is 5.73 Å². The Bertz CT molecular complexity index is 370. The molecule has 0 radical (unpaired) electrons. The number of rotatable bonds is 4. The van der Waals surface area contributed by atoms with Gasteiger partial charge in [-0.15, -0.1) is 0 Å². The van der Waals surface area contributed by atoms with Gasteiger partial charge in [0.1, 0.15) is 0 Å². The summed E-state index contributed by atoms with van der Waals surface area (Å²) in [7, 11) is 1.73. The van der Waals surface area contributed by atoms with E-state index in [-0.39, 0.29) is 24.2 Å². The van der Waals surface area contributed by atoms with Crippen molar-refractivity contribution in [1.29, 1.82) is 0 Å². The molecule has 2 amide bonds. The highest BCUT2D eigenvalue weighted by Gasteiger charge is 2.30. The molecule has 0 aromatic rings. The number of carbonyl (C=O) groups excluding carboxylic acids is 2. The molecule has 1 aliphatic heterocycles. The summed E-state index contributed by atoms with van der Waals surface area (Å²) in [5.74, 6) is -1.05. The van der Waals surface area contributed by atoms with Gasteiger partial charge in [0, 0.05) is 20.1 Å². The molecule has 1 aliphatic rings. The molecule has 0 bridgehead atoms. The summed E-state index contributed by atoms with van der Waals surface area (Å²) in [6.07, 6.45) is 1.99. The number of amidine groups is 1. The zero-order valence-electron chi connectivity index (χ0n) is 11.5. The molecule has 0 saturated carbocycles. The maximum atomic E-state index is 12.4. The third-order valence-corrected chi connectivity index (χ3v) is 3.33. The number of likely N-dealkylation sites (N-methyl/N-ethyl adjacent to an activating group) is 1. The Morgan fingerprint density at radius 1 is 1.53 bits per heavy atom. The van der Waals surface area contributed by atoms with Gasteiger partial charge in [0.05, 0.1) is 12.5 Å². The smallest absolute Gasteiger partial charge is 0.241 e. The van der Waals surface area contributed by atoms with Crippen LogP contribution >= 0.6 is 0 Å². The maximum absolute atomic E-state index is 12.4. The van der Waals surface area contributed by atoms with E-state index in [1.807, 2.05) is 6.92 Å². The van der Waals surface area contributed by atoms with Crippen LogP contribution in [0.15, 0.2) is 5.16 Å². The highest BCUT2D eigenvalue weighted by atomic mass is 16.4. The van der Waals surface area contributed by atoms with Crippen molar-refractivity contribution in [2.24, 2.45) is 16.8 Å². The van der Waals surface area contributed by atoms with Crippen molar-refractivity contribution in [2.75, 3.05) is 26.7 Å². The molecule has 1 atom stereocenters. The molecule has 0 spiro atoms. The number of nitrogens with two attached hydrogens (primary N) is 1. The Hall–Kier alpha value is -1.79. The highest BCUT2D eigenvalue weighted by Crippen LogP contribution is 2.13. The van der Waals surface area contributed by atoms with Gasteiger partial charge in [0.25, 0.3) is 0 Å². The van der Waals surface area contributed by atoms with E-state index in [1.165, 1.54) is 4.90 Å². The predicted molar refractivity (Wildman–Crippen MR) is 70.6 cm³/mol. The van der Waals surface area contributed by atoms with Gasteiger partial charge in [0.2, 0.25) is 11.8 Å². The fourth-order valence-electron chi connectivity index (χ4n) is 2.15. The lowest BCUT2D eigenvalue weighted by atomic mass is 10.0. The van der Waals surface area contributed by atoms with Gasteiger partial charge in [-0.25, -0.2) is 0 Å². The zero-order chi connectivity index (χ0) is 14.4. The highest BCUT2D eigenvalue weighted by molar-refractivity contribution is 6.02. The molecule has 108 valence electrons. The van der Waals surface area contributed by atoms with E-state index in [9.17, 15) is 9.59 Å². The Morgan fingerprint density at radius 3 is 2.79 bits per heavy atom. The van der Waals surface area contributed by atoms with Crippen molar-refractivity contribution < 1.29 is 14.8 Å². The first kappa shape index (κ1) is 15.3. The molecule has 3 N–H and O–H groups in total. The minimum Gasteiger partial charge on any atom is -0.409 e. The second-order valence-corrected chi connectivity index (χ2v) is 4.79. The van der Waals surface area contributed by atoms with Crippen LogP contribution in [-0.4, -0.2) is 59.3 Å². The van der Waals surface area contributed by atoms with E-state index in [0.717, 1.165) is 12.8 Å². The molecule has 1 heterocycles. The second-order valence-electron chi connectivity index (χ2n) is 4.79. The van der Waals surface area contributed by atoms with Crippen molar-refractivity contribution in [3.8, 4) is 0 Å². The SMILES string of the molecule is CCCC(C(=O)N1CCCN(C)C(=O)C1)C(N)=NO. The number of hydrogen-bond acceptors (Lipinski definition) is 4. The number of nitrogens with zero attached hydrogens (tertiary/aromatic N) is 3. The van der Waals surface area contributed by atoms with Crippen molar-refractivity contribution in [3.63, 3.8) is 0 Å². The van der Waals surface area contributed by atoms with Gasteiger partial charge < -0.3 is 20.7 Å². The summed E-state index contributed by atoms with van der Waals surface area (Å²) in [5, 5.41) is 11.7. The fraction of sp³-hybridized carbons (Fsp3) is 0.750. The second kappa shape index (κ2) is 6.96. The Morgan fingerprint density at radius 2 is 2.21 bits per heavy atom. The van der Waals surface area contributed by atoms with Crippen LogP contribution in [0.2, 0.25) is 0 Å². The van der Waals surface area contributed by atoms with Crippen molar-refractivity contribution in [3.05, 3.63) is 0 Å². The predicted octanol–water partition coefficient (Wildman–Crippen LogP) is -0.160. The molecule has 0 aliphatic carbocycles. The summed E-state index contributed by atoms with van der Waals surface area (Å²) in [5.41, 5.74) is 5.57. The lowest BCUT2D eigenvalue weighted by Crippen LogP contribution is -2.44. The first-order valence-corrected chi connectivity index (χ1v) is 6.51. The standard InChI is InChI=1S/C12H22N4O3/c1-3-5-9(11(13)14-19)12(18)16-7-4-6-15(2)10(17)8-16/h9,19H,3-8H2,1-2H3,(H2,13,14). The van der Waals surface area contributed by atoms with Crippen molar-refractivity contribution >= 4 is 17.6 Å². The summed E-state index contributed by atoms with van der Waals surface area (Å²) in [6, 6.07) is 0. The lowest BCUT2D eigenvalue weighted by Gasteiger charge is -2.24. The monoisotopic (exact) mass is 270 g/mol. The summed E-state index contributed by atoms with van der Waals surface area (Å²) >= 11 is 0. The van der Waals surface area contributed by atoms with Gasteiger partial charge in [-0.2, -0.15) is 0 Å². The zero-order valence-corrected chi connectivity index (χ0v) is 11.5. The van der Waals surface area contributed by atoms with E-state index in [2.05, 4.69) is 5.16 Å². The molecule has 1 fully saturated rings. The molecule has 1 saturated heterocycles. The van der Waals surface area contributed by atoms with E-state index >= 15 is 0 Å². The Balaban J connectivity index is 2.81. The molecule has 1 unspecified atom stereocenters. The Labute approximate surface area is 113 Å². The first-order valence-electron chi connectivity index (χ1n) is 6.51. The minimum atomic E-state index is -0.647. The molecular formula is C12H22N4O3. The van der Waals surface area contributed by atoms with Crippen LogP contribution in [0.3, 0.4) is 0 Å². The quantitative estimate of drug-likeness (QED) is 0.321. The van der Waals surface area contributed by atoms with Gasteiger partial charge in [-0.3, -0.25) is 9.59 Å². The van der Waals surface area contributed by atoms with Crippen molar-refractivity contribution in [1.82, 2.24) is 9.80 Å². The van der Waals surface area contributed by atoms with Crippen LogP contribution in [-0.2, 0) is 9.59 Å². The van der Waals surface area contributed by atoms with Gasteiger partial charge >= 0.3 is 0 Å². The van der Waals surface area contributed by atoms with E-state index in [4.69, 9.17) is 10.9 Å². The molecular weight excluding hydrogens is 248 g/mol. The molecule has 19 heavy (non-hydrogen) atoms. The lowest BCUT2D eigenvalue weighted by molar-refractivity contribution is -0.139. The number of amides is 2. The Kier molecular flexibility index (Phi) is 5.59. The molecule has 0 aromatic heterocycles. The van der Waals surface area contributed by atoms with E-state index in [0.29, 0.717) is 19.5 Å². The molecule has 7 nitrogen and oxygen atoms in total. The summed E-state index contributed by atoms with van der Waals surface area (Å²) < 4.78 is 0. The average molecular weight is 270 g/mol. The number of oxime groups is 1. The van der Waals surface area contributed by atoms with Crippen LogP contribution in [0.25, 0.3) is 0 Å². The molecule has 1 rings (SSSR count). The minimum absolute atomic E-state index is 0.0637. The van der Waals surface area contributed by atoms with Gasteiger partial charge in [-0.05, 0) is 12.8 Å². The topological polar surface area (TPSA) is 99.2 Å². The van der Waals surface area contributed by atoms with Crippen molar-refractivity contribution in [2.45, 2.75) is 26.2 Å². The third-order valence-electron chi connectivity index (χ3n) is 3.33. The number of carbonyl (C=O) groups is 2. The van der Waals surface area contributed by atoms with Gasteiger partial charge in [-0.1, -0.05) is 18.5 Å². The normalized spacial score (nSPS) is 19.3. The van der Waals surface area contributed by atoms with E-state index < -0.39 is 5.92 Å². The van der Waals surface area contributed by atoms with Crippen LogP contribution in [0, 0.1) is 5.92 Å². The third kappa shape index (κ3) is 3.84. The summed E-state index contributed by atoms with van der Waals surface area (Å²) in [6.45, 7) is 3.15. The van der Waals surface area contributed by atoms with Crippen LogP contribution in [0.4, 0.5) is 0 Å². The summed E-state index contributed by atoms with van der Waals surface area (Å²) in [4.78, 5) is 27.3. The molecule has 0 aromatic carbocycles. The maximum Gasteiger partial charge on any atom is 0.241 e.